The Morgan fingerprint density at radius 3 is 2.61 bits per heavy atom. The predicted octanol–water partition coefficient (Wildman–Crippen LogP) is 4.96. The molecule has 2 aromatic heterocycles. The van der Waals surface area contributed by atoms with Gasteiger partial charge >= 0.3 is 0 Å². The summed E-state index contributed by atoms with van der Waals surface area (Å²) in [5.41, 5.74) is 2.29. The zero-order valence-corrected chi connectivity index (χ0v) is 19.1. The number of hydrogen-bond donors (Lipinski definition) is 3. The molecule has 1 saturated carbocycles. The van der Waals surface area contributed by atoms with Crippen LogP contribution in [0.1, 0.15) is 12.8 Å². The van der Waals surface area contributed by atoms with Gasteiger partial charge in [0.1, 0.15) is 17.3 Å². The molecule has 0 saturated heterocycles. The van der Waals surface area contributed by atoms with Crippen LogP contribution >= 0.6 is 11.3 Å². The van der Waals surface area contributed by atoms with Crippen molar-refractivity contribution in [1.82, 2.24) is 9.97 Å². The second kappa shape index (κ2) is 8.81. The van der Waals surface area contributed by atoms with E-state index in [9.17, 15) is 8.42 Å². The van der Waals surface area contributed by atoms with Gasteiger partial charge in [0.15, 0.2) is 5.13 Å². The van der Waals surface area contributed by atoms with Gasteiger partial charge in [0.05, 0.1) is 4.90 Å². The van der Waals surface area contributed by atoms with Gasteiger partial charge in [0.25, 0.3) is 0 Å². The van der Waals surface area contributed by atoms with Gasteiger partial charge in [-0.3, -0.25) is 0 Å². The van der Waals surface area contributed by atoms with Gasteiger partial charge in [0, 0.05) is 29.6 Å². The van der Waals surface area contributed by atoms with Crippen LogP contribution in [0.15, 0.2) is 77.8 Å². The van der Waals surface area contributed by atoms with Crippen LogP contribution in [0, 0.1) is 0 Å². The molecular formula is C23H21N5O3S2. The van der Waals surface area contributed by atoms with Gasteiger partial charge in [-0.05, 0) is 37.1 Å². The van der Waals surface area contributed by atoms with E-state index < -0.39 is 10.0 Å². The minimum absolute atomic E-state index is 0.0211. The highest BCUT2D eigenvalue weighted by atomic mass is 32.2. The van der Waals surface area contributed by atoms with Crippen LogP contribution in [0.3, 0.4) is 0 Å². The number of anilines is 3. The number of hydrogen-bond acceptors (Lipinski definition) is 8. The summed E-state index contributed by atoms with van der Waals surface area (Å²) < 4.78 is 29.5. The largest absolute Gasteiger partial charge is 0.444 e. The maximum absolute atomic E-state index is 11.6. The van der Waals surface area contributed by atoms with Crippen molar-refractivity contribution in [2.75, 3.05) is 10.6 Å². The Morgan fingerprint density at radius 1 is 1.03 bits per heavy atom. The molecule has 2 aromatic carbocycles. The third-order valence-electron chi connectivity index (χ3n) is 4.93. The lowest BCUT2D eigenvalue weighted by Gasteiger charge is -2.09. The number of rotatable bonds is 8. The van der Waals surface area contributed by atoms with Crippen molar-refractivity contribution in [3.8, 4) is 22.1 Å². The van der Waals surface area contributed by atoms with E-state index in [4.69, 9.17) is 14.9 Å². The zero-order valence-electron chi connectivity index (χ0n) is 17.4. The summed E-state index contributed by atoms with van der Waals surface area (Å²) in [5.74, 6) is 1.08. The molecule has 0 aliphatic heterocycles. The number of sulfonamides is 1. The normalized spacial score (nSPS) is 13.5. The first kappa shape index (κ1) is 21.4. The molecule has 2 heterocycles. The average Bonchev–Trinajstić information content (AvgIpc) is 3.53. The minimum Gasteiger partial charge on any atom is -0.444 e. The van der Waals surface area contributed by atoms with Crippen LogP contribution in [-0.4, -0.2) is 24.4 Å². The van der Waals surface area contributed by atoms with E-state index in [0.29, 0.717) is 28.4 Å². The Kier molecular flexibility index (Phi) is 5.71. The first-order chi connectivity index (χ1) is 15.9. The predicted molar refractivity (Wildman–Crippen MR) is 130 cm³/mol. The number of ether oxygens (including phenoxy) is 1. The number of aromatic nitrogens is 2. The lowest BCUT2D eigenvalue weighted by molar-refractivity contribution is 0.496. The first-order valence-corrected chi connectivity index (χ1v) is 12.7. The fourth-order valence-corrected chi connectivity index (χ4v) is 4.66. The number of benzene rings is 2. The van der Waals surface area contributed by atoms with E-state index >= 15 is 0 Å². The van der Waals surface area contributed by atoms with E-state index in [-0.39, 0.29) is 4.90 Å². The Bertz CT molecular complexity index is 1390. The maximum Gasteiger partial charge on any atom is 0.238 e. The molecule has 1 fully saturated rings. The summed E-state index contributed by atoms with van der Waals surface area (Å²) in [5, 5.41) is 13.3. The average molecular weight is 480 g/mol. The van der Waals surface area contributed by atoms with E-state index in [0.717, 1.165) is 29.2 Å². The number of nitrogens with zero attached hydrogens (tertiary/aromatic N) is 2. The van der Waals surface area contributed by atoms with Crippen molar-refractivity contribution in [2.24, 2.45) is 5.14 Å². The van der Waals surface area contributed by atoms with E-state index in [1.165, 1.54) is 23.5 Å². The summed E-state index contributed by atoms with van der Waals surface area (Å²) in [6.45, 7) is 0. The molecular weight excluding hydrogens is 458 g/mol. The quantitative estimate of drug-likeness (QED) is 0.327. The van der Waals surface area contributed by atoms with Gasteiger partial charge in [-0.1, -0.05) is 47.7 Å². The van der Waals surface area contributed by atoms with E-state index in [1.54, 1.807) is 30.5 Å². The highest BCUT2D eigenvalue weighted by Crippen LogP contribution is 2.42. The van der Waals surface area contributed by atoms with Crippen molar-refractivity contribution in [2.45, 2.75) is 23.8 Å². The molecule has 8 nitrogen and oxygen atoms in total. The third kappa shape index (κ3) is 5.30. The smallest absolute Gasteiger partial charge is 0.238 e. The minimum atomic E-state index is -3.80. The van der Waals surface area contributed by atoms with Crippen molar-refractivity contribution >= 4 is 38.0 Å². The van der Waals surface area contributed by atoms with Gasteiger partial charge < -0.3 is 15.4 Å². The number of thiazole rings is 1. The number of primary sulfonamides is 1. The van der Waals surface area contributed by atoms with Crippen molar-refractivity contribution in [3.63, 3.8) is 0 Å². The van der Waals surface area contributed by atoms with E-state index in [1.807, 2.05) is 30.3 Å². The van der Waals surface area contributed by atoms with Crippen LogP contribution in [0.2, 0.25) is 0 Å². The molecule has 4 aromatic rings. The van der Waals surface area contributed by atoms with Gasteiger partial charge in [0.2, 0.25) is 15.1 Å². The van der Waals surface area contributed by atoms with Gasteiger partial charge in [-0.25, -0.2) is 23.5 Å². The van der Waals surface area contributed by atoms with Gasteiger partial charge in [-0.15, -0.1) is 0 Å². The summed E-state index contributed by atoms with van der Waals surface area (Å²) >= 11 is 1.47. The monoisotopic (exact) mass is 479 g/mol. The second-order valence-corrected chi connectivity index (χ2v) is 10.1. The molecule has 1 aliphatic rings. The second-order valence-electron chi connectivity index (χ2n) is 7.62. The molecule has 4 N–H and O–H groups in total. The Morgan fingerprint density at radius 2 is 1.85 bits per heavy atom. The lowest BCUT2D eigenvalue weighted by Crippen LogP contribution is -2.12. The maximum atomic E-state index is 11.6. The fraction of sp³-hybridized carbons (Fsp3) is 0.130. The Labute approximate surface area is 195 Å². The molecule has 0 bridgehead atoms. The summed E-state index contributed by atoms with van der Waals surface area (Å²) in [7, 11) is -3.80. The van der Waals surface area contributed by atoms with Crippen LogP contribution in [-0.2, 0) is 10.0 Å². The zero-order chi connectivity index (χ0) is 22.8. The molecule has 1 aliphatic carbocycles. The molecule has 168 valence electrons. The molecule has 0 unspecified atom stereocenters. The molecule has 5 rings (SSSR count). The third-order valence-corrected chi connectivity index (χ3v) is 6.70. The van der Waals surface area contributed by atoms with Crippen molar-refractivity contribution in [3.05, 3.63) is 72.9 Å². The van der Waals surface area contributed by atoms with Crippen LogP contribution in [0.25, 0.3) is 11.3 Å². The van der Waals surface area contributed by atoms with E-state index in [2.05, 4.69) is 15.6 Å². The Balaban J connectivity index is 1.40. The SMILES string of the molecule is NS(=O)(=O)c1cccc(Nc2cc(Oc3sc(NC4CC4)nc3-c3ccccc3)ccn2)c1. The summed E-state index contributed by atoms with van der Waals surface area (Å²) in [4.78, 5) is 9.09. The highest BCUT2D eigenvalue weighted by molar-refractivity contribution is 7.89. The molecule has 10 heteroatoms. The number of nitrogens with one attached hydrogen (secondary N) is 2. The Hall–Kier alpha value is -3.47. The topological polar surface area (TPSA) is 119 Å². The van der Waals surface area contributed by atoms with Crippen LogP contribution < -0.4 is 20.5 Å². The van der Waals surface area contributed by atoms with Crippen molar-refractivity contribution < 1.29 is 13.2 Å². The van der Waals surface area contributed by atoms with Gasteiger partial charge in [-0.2, -0.15) is 0 Å². The molecule has 0 amide bonds. The standard InChI is InChI=1S/C23H21N5O3S2/c24-33(29,30)19-8-4-7-17(13-19)26-20-14-18(11-12-25-20)31-22-21(15-5-2-1-3-6-15)28-23(32-22)27-16-9-10-16/h1-8,11-14,16H,9-10H2,(H,25,26)(H,27,28)(H2,24,29,30). The van der Waals surface area contributed by atoms with Crippen molar-refractivity contribution in [1.29, 1.82) is 0 Å². The summed E-state index contributed by atoms with van der Waals surface area (Å²) in [6, 6.07) is 20.1. The van der Waals surface area contributed by atoms with Crippen LogP contribution in [0.4, 0.5) is 16.6 Å². The number of nitrogens with two attached hydrogens (primary N) is 1. The van der Waals surface area contributed by atoms with Crippen LogP contribution in [0.5, 0.6) is 10.8 Å². The molecule has 33 heavy (non-hydrogen) atoms. The number of pyridine rings is 1. The summed E-state index contributed by atoms with van der Waals surface area (Å²) in [6.07, 6.45) is 3.93. The first-order valence-electron chi connectivity index (χ1n) is 10.3. The fourth-order valence-electron chi connectivity index (χ4n) is 3.17. The highest BCUT2D eigenvalue weighted by Gasteiger charge is 2.24. The lowest BCUT2D eigenvalue weighted by atomic mass is 10.2. The molecule has 0 spiro atoms. The molecule has 0 radical (unpaired) electrons. The molecule has 0 atom stereocenters.